The fraction of sp³-hybridized carbons (Fsp3) is 0.222. The van der Waals surface area contributed by atoms with Crippen LogP contribution in [0.5, 0.6) is 0 Å². The highest BCUT2D eigenvalue weighted by molar-refractivity contribution is 6.01. The molecule has 0 fully saturated rings. The van der Waals surface area contributed by atoms with Gasteiger partial charge in [0.1, 0.15) is 5.60 Å². The lowest BCUT2D eigenvalue weighted by Crippen LogP contribution is -2.36. The number of H-pyrrole nitrogens is 1. The molecule has 2 aromatic carbocycles. The van der Waals surface area contributed by atoms with Crippen LogP contribution < -0.4 is 5.73 Å². The summed E-state index contributed by atoms with van der Waals surface area (Å²) in [5.74, 6) is -0.767. The normalized spacial score (nSPS) is 14.1. The van der Waals surface area contributed by atoms with Crippen molar-refractivity contribution in [3.63, 3.8) is 0 Å². The van der Waals surface area contributed by atoms with Crippen LogP contribution >= 0.6 is 0 Å². The summed E-state index contributed by atoms with van der Waals surface area (Å²) in [5, 5.41) is 13.3. The van der Waals surface area contributed by atoms with Crippen LogP contribution in [0.25, 0.3) is 10.8 Å². The predicted molar refractivity (Wildman–Crippen MR) is 88.9 cm³/mol. The van der Waals surface area contributed by atoms with Crippen molar-refractivity contribution in [1.29, 1.82) is 0 Å². The fourth-order valence-electron chi connectivity index (χ4n) is 3.09. The van der Waals surface area contributed by atoms with Crippen LogP contribution in [0.15, 0.2) is 48.9 Å². The van der Waals surface area contributed by atoms with Gasteiger partial charge in [-0.2, -0.15) is 0 Å². The molecule has 1 atom stereocenters. The maximum Gasteiger partial charge on any atom is 0.249 e. The number of hydrogen-bond donors (Lipinski definition) is 3. The molecule has 1 aromatic heterocycles. The number of hydrogen-bond acceptors (Lipinski definition) is 3. The molecule has 0 aliphatic heterocycles. The third-order valence-corrected chi connectivity index (χ3v) is 4.32. The van der Waals surface area contributed by atoms with Crippen molar-refractivity contribution >= 4 is 16.7 Å². The standard InChI is InChI=1S/C18H19N3O2/c1-11(2)18(23,15-9-20-10-21-15)16-13-6-4-3-5-12(13)7-8-14(16)17(19)22/h3-11,23H,1-2H3,(H2,19,22)(H,20,21). The molecule has 3 aromatic rings. The first kappa shape index (κ1) is 15.2. The van der Waals surface area contributed by atoms with Crippen molar-refractivity contribution in [3.05, 3.63) is 65.7 Å². The van der Waals surface area contributed by atoms with Crippen molar-refractivity contribution in [2.24, 2.45) is 11.7 Å². The second-order valence-corrected chi connectivity index (χ2v) is 5.96. The van der Waals surface area contributed by atoms with E-state index in [2.05, 4.69) is 9.97 Å². The maximum absolute atomic E-state index is 12.0. The summed E-state index contributed by atoms with van der Waals surface area (Å²) in [6, 6.07) is 11.1. The smallest absolute Gasteiger partial charge is 0.249 e. The van der Waals surface area contributed by atoms with Crippen LogP contribution in [0, 0.1) is 5.92 Å². The summed E-state index contributed by atoms with van der Waals surface area (Å²) in [4.78, 5) is 19.0. The van der Waals surface area contributed by atoms with E-state index in [1.54, 1.807) is 12.3 Å². The topological polar surface area (TPSA) is 92.0 Å². The molecule has 0 aliphatic rings. The van der Waals surface area contributed by atoms with Gasteiger partial charge < -0.3 is 15.8 Å². The van der Waals surface area contributed by atoms with Crippen LogP contribution in [-0.2, 0) is 5.60 Å². The number of nitrogens with one attached hydrogen (secondary N) is 1. The number of aromatic nitrogens is 2. The van der Waals surface area contributed by atoms with Crippen LogP contribution in [0.4, 0.5) is 0 Å². The lowest BCUT2D eigenvalue weighted by molar-refractivity contribution is 0.0284. The van der Waals surface area contributed by atoms with Gasteiger partial charge in [-0.05, 0) is 22.8 Å². The van der Waals surface area contributed by atoms with E-state index in [9.17, 15) is 9.90 Å². The highest BCUT2D eigenvalue weighted by atomic mass is 16.3. The highest BCUT2D eigenvalue weighted by Gasteiger charge is 2.40. The number of aliphatic hydroxyl groups is 1. The number of aromatic amines is 1. The second kappa shape index (κ2) is 5.52. The summed E-state index contributed by atoms with van der Waals surface area (Å²) in [7, 11) is 0. The van der Waals surface area contributed by atoms with E-state index in [-0.39, 0.29) is 5.92 Å². The molecule has 1 unspecified atom stereocenters. The Morgan fingerprint density at radius 2 is 2.00 bits per heavy atom. The number of benzene rings is 2. The van der Waals surface area contributed by atoms with E-state index in [1.165, 1.54) is 6.33 Å². The van der Waals surface area contributed by atoms with E-state index in [0.29, 0.717) is 16.8 Å². The molecule has 0 aliphatic carbocycles. The molecular formula is C18H19N3O2. The molecule has 118 valence electrons. The van der Waals surface area contributed by atoms with Gasteiger partial charge >= 0.3 is 0 Å². The SMILES string of the molecule is CC(C)C(O)(c1cnc[nH]1)c1c(C(N)=O)ccc2ccccc12. The largest absolute Gasteiger partial charge is 0.378 e. The minimum absolute atomic E-state index is 0.202. The first-order chi connectivity index (χ1) is 11.0. The molecule has 0 bridgehead atoms. The van der Waals surface area contributed by atoms with Gasteiger partial charge in [-0.3, -0.25) is 4.79 Å². The van der Waals surface area contributed by atoms with Gasteiger partial charge in [0.15, 0.2) is 0 Å². The van der Waals surface area contributed by atoms with Crippen molar-refractivity contribution in [3.8, 4) is 0 Å². The Labute approximate surface area is 134 Å². The average Bonchev–Trinajstić information content (AvgIpc) is 3.07. The summed E-state index contributed by atoms with van der Waals surface area (Å²) in [5.41, 5.74) is 5.54. The number of primary amides is 1. The van der Waals surface area contributed by atoms with E-state index >= 15 is 0 Å². The Morgan fingerprint density at radius 3 is 2.61 bits per heavy atom. The third kappa shape index (κ3) is 2.29. The first-order valence-electron chi connectivity index (χ1n) is 7.49. The number of imidazole rings is 1. The molecule has 23 heavy (non-hydrogen) atoms. The lowest BCUT2D eigenvalue weighted by atomic mass is 9.76. The molecule has 0 spiro atoms. The second-order valence-electron chi connectivity index (χ2n) is 5.96. The molecule has 1 amide bonds. The Balaban J connectivity index is 2.44. The molecular weight excluding hydrogens is 290 g/mol. The van der Waals surface area contributed by atoms with Crippen LogP contribution in [0.1, 0.15) is 35.5 Å². The molecule has 5 nitrogen and oxygen atoms in total. The Kier molecular flexibility index (Phi) is 3.66. The Morgan fingerprint density at radius 1 is 1.26 bits per heavy atom. The number of carbonyl (C=O) groups is 1. The summed E-state index contributed by atoms with van der Waals surface area (Å²) in [6.45, 7) is 3.79. The molecule has 0 saturated heterocycles. The number of amides is 1. The zero-order valence-corrected chi connectivity index (χ0v) is 13.1. The lowest BCUT2D eigenvalue weighted by Gasteiger charge is -2.34. The molecule has 0 saturated carbocycles. The van der Waals surface area contributed by atoms with Crippen LogP contribution in [0.2, 0.25) is 0 Å². The first-order valence-corrected chi connectivity index (χ1v) is 7.49. The minimum atomic E-state index is -1.40. The number of nitrogens with two attached hydrogens (primary N) is 1. The van der Waals surface area contributed by atoms with Gasteiger partial charge in [-0.25, -0.2) is 4.98 Å². The zero-order chi connectivity index (χ0) is 16.6. The van der Waals surface area contributed by atoms with E-state index in [1.807, 2.05) is 44.2 Å². The number of nitrogens with zero attached hydrogens (tertiary/aromatic N) is 1. The van der Waals surface area contributed by atoms with Crippen molar-refractivity contribution in [2.45, 2.75) is 19.4 Å². The van der Waals surface area contributed by atoms with Gasteiger partial charge in [0.05, 0.1) is 18.2 Å². The number of fused-ring (bicyclic) bond motifs is 1. The minimum Gasteiger partial charge on any atom is -0.378 e. The molecule has 5 heteroatoms. The fourth-order valence-corrected chi connectivity index (χ4v) is 3.09. The van der Waals surface area contributed by atoms with E-state index in [4.69, 9.17) is 5.73 Å². The van der Waals surface area contributed by atoms with Gasteiger partial charge in [0, 0.05) is 11.1 Å². The predicted octanol–water partition coefficient (Wildman–Crippen LogP) is 2.55. The Hall–Kier alpha value is -2.66. The summed E-state index contributed by atoms with van der Waals surface area (Å²) >= 11 is 0. The summed E-state index contributed by atoms with van der Waals surface area (Å²) < 4.78 is 0. The van der Waals surface area contributed by atoms with Gasteiger partial charge in [0.25, 0.3) is 0 Å². The van der Waals surface area contributed by atoms with Gasteiger partial charge in [-0.1, -0.05) is 44.2 Å². The number of carbonyl (C=O) groups excluding carboxylic acids is 1. The van der Waals surface area contributed by atoms with Crippen LogP contribution in [-0.4, -0.2) is 21.0 Å². The average molecular weight is 309 g/mol. The van der Waals surface area contributed by atoms with Gasteiger partial charge in [-0.15, -0.1) is 0 Å². The quantitative estimate of drug-likeness (QED) is 0.691. The monoisotopic (exact) mass is 309 g/mol. The van der Waals surface area contributed by atoms with Gasteiger partial charge in [0.2, 0.25) is 5.91 Å². The molecule has 0 radical (unpaired) electrons. The van der Waals surface area contributed by atoms with Crippen LogP contribution in [0.3, 0.4) is 0 Å². The highest BCUT2D eigenvalue weighted by Crippen LogP contribution is 2.41. The van der Waals surface area contributed by atoms with Crippen molar-refractivity contribution in [1.82, 2.24) is 9.97 Å². The summed E-state index contributed by atoms with van der Waals surface area (Å²) in [6.07, 6.45) is 3.09. The maximum atomic E-state index is 12.0. The van der Waals surface area contributed by atoms with Crippen molar-refractivity contribution in [2.75, 3.05) is 0 Å². The third-order valence-electron chi connectivity index (χ3n) is 4.32. The van der Waals surface area contributed by atoms with E-state index < -0.39 is 11.5 Å². The van der Waals surface area contributed by atoms with Crippen molar-refractivity contribution < 1.29 is 9.90 Å². The molecule has 3 rings (SSSR count). The van der Waals surface area contributed by atoms with E-state index in [0.717, 1.165) is 10.8 Å². The Bertz CT molecular complexity index is 856. The molecule has 1 heterocycles. The molecule has 4 N–H and O–H groups in total. The number of rotatable bonds is 4. The zero-order valence-electron chi connectivity index (χ0n) is 13.1.